The number of anilines is 1. The molecule has 0 unspecified atom stereocenters. The van der Waals surface area contributed by atoms with E-state index in [-0.39, 0.29) is 47.5 Å². The summed E-state index contributed by atoms with van der Waals surface area (Å²) in [5.41, 5.74) is 2.99. The van der Waals surface area contributed by atoms with Crippen molar-refractivity contribution in [3.05, 3.63) is 76.9 Å². The second-order valence-electron chi connectivity index (χ2n) is 8.53. The van der Waals surface area contributed by atoms with Gasteiger partial charge in [-0.1, -0.05) is 36.8 Å². The number of esters is 1. The molecule has 6 nitrogen and oxygen atoms in total. The van der Waals surface area contributed by atoms with Gasteiger partial charge in [0.15, 0.2) is 6.61 Å². The summed E-state index contributed by atoms with van der Waals surface area (Å²) in [6.07, 6.45) is 4.50. The zero-order chi connectivity index (χ0) is 23.0. The maximum Gasteiger partial charge on any atom is 0.338 e. The first-order valence-corrected chi connectivity index (χ1v) is 10.7. The normalized spacial score (nSPS) is 22.1. The topological polar surface area (TPSA) is 80.8 Å². The van der Waals surface area contributed by atoms with Gasteiger partial charge in [-0.3, -0.25) is 19.3 Å². The number of imide groups is 1. The van der Waals surface area contributed by atoms with Crippen LogP contribution in [0.5, 0.6) is 0 Å². The third-order valence-electron chi connectivity index (χ3n) is 6.26. The van der Waals surface area contributed by atoms with Gasteiger partial charge in [-0.2, -0.15) is 0 Å². The number of ketones is 1. The van der Waals surface area contributed by atoms with Crippen molar-refractivity contribution in [3.63, 3.8) is 0 Å². The van der Waals surface area contributed by atoms with Crippen LogP contribution in [0, 0.1) is 31.6 Å². The molecule has 0 bridgehead atoms. The van der Waals surface area contributed by atoms with E-state index in [0.29, 0.717) is 17.7 Å². The van der Waals surface area contributed by atoms with Crippen LogP contribution in [0.3, 0.4) is 0 Å². The highest BCUT2D eigenvalue weighted by Crippen LogP contribution is 2.40. The van der Waals surface area contributed by atoms with Gasteiger partial charge < -0.3 is 4.74 Å². The van der Waals surface area contributed by atoms with Crippen LogP contribution >= 0.6 is 0 Å². The van der Waals surface area contributed by atoms with Crippen molar-refractivity contribution >= 4 is 29.3 Å². The van der Waals surface area contributed by atoms with Gasteiger partial charge in [-0.25, -0.2) is 4.79 Å². The largest absolute Gasteiger partial charge is 0.454 e. The number of fused-ring (bicyclic) bond motifs is 1. The lowest BCUT2D eigenvalue weighted by Crippen LogP contribution is -2.31. The van der Waals surface area contributed by atoms with Crippen LogP contribution in [0.4, 0.5) is 5.69 Å². The summed E-state index contributed by atoms with van der Waals surface area (Å²) >= 11 is 0. The number of hydrogen-bond acceptors (Lipinski definition) is 5. The molecule has 0 radical (unpaired) electrons. The molecule has 6 heteroatoms. The van der Waals surface area contributed by atoms with E-state index in [9.17, 15) is 19.2 Å². The summed E-state index contributed by atoms with van der Waals surface area (Å²) in [6.45, 7) is 5.32. The molecule has 1 fully saturated rings. The molecule has 4 rings (SSSR count). The van der Waals surface area contributed by atoms with Gasteiger partial charge in [0.05, 0.1) is 23.1 Å². The number of Topliss-reactive ketones (excluding diaryl/α,β-unsaturated/α-hetero) is 1. The average molecular weight is 431 g/mol. The SMILES string of the molecule is Cc1ccc(C)c(C(=O)COC(=O)c2ccc(N3C(=O)[C@H]4[C@H](C)C=CC[C@@H]4C3=O)cc2)c1. The smallest absolute Gasteiger partial charge is 0.338 e. The number of benzene rings is 2. The maximum atomic E-state index is 12.9. The van der Waals surface area contributed by atoms with Crippen LogP contribution in [0.1, 0.15) is 45.2 Å². The zero-order valence-electron chi connectivity index (χ0n) is 18.3. The number of carbonyl (C=O) groups excluding carboxylic acids is 4. The van der Waals surface area contributed by atoms with Crippen LogP contribution in [0.15, 0.2) is 54.6 Å². The summed E-state index contributed by atoms with van der Waals surface area (Å²) in [5.74, 6) is -1.97. The fourth-order valence-corrected chi connectivity index (χ4v) is 4.48. The molecule has 0 aromatic heterocycles. The highest BCUT2D eigenvalue weighted by molar-refractivity contribution is 6.22. The lowest BCUT2D eigenvalue weighted by Gasteiger charge is -2.22. The van der Waals surface area contributed by atoms with E-state index in [0.717, 1.165) is 11.1 Å². The van der Waals surface area contributed by atoms with Crippen LogP contribution in [-0.2, 0) is 14.3 Å². The molecule has 0 spiro atoms. The molecule has 2 aromatic rings. The first kappa shape index (κ1) is 21.7. The lowest BCUT2D eigenvalue weighted by molar-refractivity contribution is -0.122. The van der Waals surface area contributed by atoms with E-state index >= 15 is 0 Å². The van der Waals surface area contributed by atoms with E-state index in [4.69, 9.17) is 4.74 Å². The highest BCUT2D eigenvalue weighted by atomic mass is 16.5. The number of nitrogens with zero attached hydrogens (tertiary/aromatic N) is 1. The van der Waals surface area contributed by atoms with Crippen LogP contribution in [-0.4, -0.2) is 30.2 Å². The van der Waals surface area contributed by atoms with E-state index in [1.807, 2.05) is 45.1 Å². The first-order valence-electron chi connectivity index (χ1n) is 10.7. The van der Waals surface area contributed by atoms with Crippen molar-refractivity contribution in [2.45, 2.75) is 27.2 Å². The van der Waals surface area contributed by atoms with Crippen LogP contribution in [0.2, 0.25) is 0 Å². The van der Waals surface area contributed by atoms with Crippen LogP contribution in [0.25, 0.3) is 0 Å². The third-order valence-corrected chi connectivity index (χ3v) is 6.26. The molecule has 0 saturated carbocycles. The molecule has 1 heterocycles. The fraction of sp³-hybridized carbons (Fsp3) is 0.308. The van der Waals surface area contributed by atoms with E-state index < -0.39 is 5.97 Å². The average Bonchev–Trinajstić information content (AvgIpc) is 3.04. The number of hydrogen-bond donors (Lipinski definition) is 0. The second-order valence-corrected chi connectivity index (χ2v) is 8.53. The maximum absolute atomic E-state index is 12.9. The summed E-state index contributed by atoms with van der Waals surface area (Å²) in [6, 6.07) is 11.7. The van der Waals surface area contributed by atoms with Crippen molar-refractivity contribution in [2.75, 3.05) is 11.5 Å². The van der Waals surface area contributed by atoms with Gasteiger partial charge >= 0.3 is 5.97 Å². The van der Waals surface area contributed by atoms with E-state index in [2.05, 4.69) is 0 Å². The second kappa shape index (κ2) is 8.54. The van der Waals surface area contributed by atoms with Crippen molar-refractivity contribution in [2.24, 2.45) is 17.8 Å². The van der Waals surface area contributed by atoms with Gasteiger partial charge in [0.2, 0.25) is 17.6 Å². The molecular weight excluding hydrogens is 406 g/mol. The molecule has 1 saturated heterocycles. The van der Waals surface area contributed by atoms with Crippen LogP contribution < -0.4 is 4.90 Å². The Balaban J connectivity index is 1.43. The Morgan fingerprint density at radius 3 is 2.44 bits per heavy atom. The van der Waals surface area contributed by atoms with Gasteiger partial charge in [0, 0.05) is 5.56 Å². The standard InChI is InChI=1S/C26H25NO5/c1-15-7-8-16(2)21(13-15)22(28)14-32-26(31)18-9-11-19(12-10-18)27-24(29)20-6-4-5-17(3)23(20)25(27)30/h4-5,7-13,17,20,23H,6,14H2,1-3H3/t17-,20+,23+/m1/s1. The van der Waals surface area contributed by atoms with Crippen molar-refractivity contribution < 1.29 is 23.9 Å². The molecule has 2 amide bonds. The predicted octanol–water partition coefficient (Wildman–Crippen LogP) is 4.04. The lowest BCUT2D eigenvalue weighted by atomic mass is 9.78. The fourth-order valence-electron chi connectivity index (χ4n) is 4.48. The highest BCUT2D eigenvalue weighted by Gasteiger charge is 2.50. The molecule has 1 aliphatic carbocycles. The van der Waals surface area contributed by atoms with E-state index in [1.165, 1.54) is 17.0 Å². The minimum absolute atomic E-state index is 0.0130. The first-order chi connectivity index (χ1) is 15.3. The van der Waals surface area contributed by atoms with Crippen molar-refractivity contribution in [3.8, 4) is 0 Å². The predicted molar refractivity (Wildman–Crippen MR) is 119 cm³/mol. The number of amides is 2. The number of allylic oxidation sites excluding steroid dienone is 2. The quantitative estimate of drug-likeness (QED) is 0.309. The third kappa shape index (κ3) is 3.88. The molecular formula is C26H25NO5. The Kier molecular flexibility index (Phi) is 5.78. The molecule has 1 aliphatic heterocycles. The summed E-state index contributed by atoms with van der Waals surface area (Å²) < 4.78 is 5.19. The Labute approximate surface area is 186 Å². The number of aryl methyl sites for hydroxylation is 2. The Morgan fingerprint density at radius 2 is 1.75 bits per heavy atom. The minimum atomic E-state index is -0.638. The van der Waals surface area contributed by atoms with Gasteiger partial charge in [0.25, 0.3) is 0 Å². The molecule has 0 N–H and O–H groups in total. The van der Waals surface area contributed by atoms with E-state index in [1.54, 1.807) is 18.2 Å². The monoisotopic (exact) mass is 431 g/mol. The Morgan fingerprint density at radius 1 is 1.03 bits per heavy atom. The number of carbonyl (C=O) groups is 4. The molecule has 2 aromatic carbocycles. The van der Waals surface area contributed by atoms with Gasteiger partial charge in [-0.05, 0) is 62.1 Å². The molecule has 164 valence electrons. The molecule has 3 atom stereocenters. The molecule has 32 heavy (non-hydrogen) atoms. The number of rotatable bonds is 5. The van der Waals surface area contributed by atoms with Crippen molar-refractivity contribution in [1.29, 1.82) is 0 Å². The van der Waals surface area contributed by atoms with Gasteiger partial charge in [-0.15, -0.1) is 0 Å². The molecule has 2 aliphatic rings. The Hall–Kier alpha value is -3.54. The van der Waals surface area contributed by atoms with Gasteiger partial charge in [0.1, 0.15) is 0 Å². The summed E-state index contributed by atoms with van der Waals surface area (Å²) in [7, 11) is 0. The summed E-state index contributed by atoms with van der Waals surface area (Å²) in [5, 5.41) is 0. The van der Waals surface area contributed by atoms with Crippen molar-refractivity contribution in [1.82, 2.24) is 0 Å². The zero-order valence-corrected chi connectivity index (χ0v) is 18.3. The number of ether oxygens (including phenoxy) is 1. The summed E-state index contributed by atoms with van der Waals surface area (Å²) in [4.78, 5) is 51.8. The minimum Gasteiger partial charge on any atom is -0.454 e. The Bertz CT molecular complexity index is 1130.